The number of carbonyl (C=O) groups excluding carboxylic acids is 1. The first-order chi connectivity index (χ1) is 15.3. The number of rotatable bonds is 9. The van der Waals surface area contributed by atoms with E-state index in [-0.39, 0.29) is 22.8 Å². The van der Waals surface area contributed by atoms with Crippen molar-refractivity contribution in [2.45, 2.75) is 18.4 Å². The molecule has 0 aliphatic rings. The Balaban J connectivity index is 2.11. The molecule has 0 amide bonds. The lowest BCUT2D eigenvalue weighted by molar-refractivity contribution is 0.0526. The van der Waals surface area contributed by atoms with Crippen LogP contribution in [0.15, 0.2) is 71.6 Å². The minimum atomic E-state index is -4.19. The van der Waals surface area contributed by atoms with Crippen molar-refractivity contribution in [2.24, 2.45) is 5.14 Å². The highest BCUT2D eigenvalue weighted by atomic mass is 32.2. The molecule has 0 aliphatic heterocycles. The number of primary sulfonamides is 1. The van der Waals surface area contributed by atoms with E-state index in [0.717, 1.165) is 5.56 Å². The van der Waals surface area contributed by atoms with Gasteiger partial charge in [0.05, 0.1) is 30.7 Å². The maximum Gasteiger partial charge on any atom is 0.338 e. The van der Waals surface area contributed by atoms with Crippen LogP contribution in [0, 0.1) is 0 Å². The Kier molecular flexibility index (Phi) is 7.34. The smallest absolute Gasteiger partial charge is 0.338 e. The summed E-state index contributed by atoms with van der Waals surface area (Å²) in [6.45, 7) is 2.22. The van der Waals surface area contributed by atoms with Crippen LogP contribution in [0.5, 0.6) is 5.75 Å². The SMILES string of the molecule is CCOC(=O)c1cc(NCc2ccccc2)c(Nc2cccc(OC)c2)c(S(N)(=O)=O)c1. The summed E-state index contributed by atoms with van der Waals surface area (Å²) in [4.78, 5) is 12.1. The van der Waals surface area contributed by atoms with Crippen LogP contribution in [-0.2, 0) is 21.3 Å². The zero-order valence-electron chi connectivity index (χ0n) is 17.8. The number of nitrogens with one attached hydrogen (secondary N) is 2. The van der Waals surface area contributed by atoms with Crippen LogP contribution in [0.25, 0.3) is 0 Å². The van der Waals surface area contributed by atoms with Gasteiger partial charge in [0.15, 0.2) is 0 Å². The van der Waals surface area contributed by atoms with Crippen molar-refractivity contribution < 1.29 is 22.7 Å². The van der Waals surface area contributed by atoms with Crippen molar-refractivity contribution in [3.63, 3.8) is 0 Å². The molecule has 0 bridgehead atoms. The number of hydrogen-bond donors (Lipinski definition) is 3. The number of carbonyl (C=O) groups is 1. The van der Waals surface area contributed by atoms with Crippen molar-refractivity contribution in [3.8, 4) is 5.75 Å². The van der Waals surface area contributed by atoms with Gasteiger partial charge in [0, 0.05) is 18.3 Å². The standard InChI is InChI=1S/C23H25N3O5S/c1-3-31-23(27)17-12-20(25-15-16-8-5-4-6-9-16)22(21(13-17)32(24,28)29)26-18-10-7-11-19(14-18)30-2/h4-14,25-26H,3,15H2,1-2H3,(H2,24,28,29). The fourth-order valence-electron chi connectivity index (χ4n) is 3.08. The topological polar surface area (TPSA) is 120 Å². The minimum Gasteiger partial charge on any atom is -0.497 e. The van der Waals surface area contributed by atoms with Crippen molar-refractivity contribution in [2.75, 3.05) is 24.4 Å². The summed E-state index contributed by atoms with van der Waals surface area (Å²) in [6, 6.07) is 19.3. The lowest BCUT2D eigenvalue weighted by atomic mass is 10.1. The van der Waals surface area contributed by atoms with Crippen LogP contribution in [-0.4, -0.2) is 28.1 Å². The summed E-state index contributed by atoms with van der Waals surface area (Å²) in [5, 5.41) is 11.8. The summed E-state index contributed by atoms with van der Waals surface area (Å²) in [6.07, 6.45) is 0. The molecule has 8 nitrogen and oxygen atoms in total. The average Bonchev–Trinajstić information content (AvgIpc) is 2.78. The highest BCUT2D eigenvalue weighted by Gasteiger charge is 2.22. The molecule has 0 unspecified atom stereocenters. The zero-order chi connectivity index (χ0) is 23.1. The monoisotopic (exact) mass is 455 g/mol. The fraction of sp³-hybridized carbons (Fsp3) is 0.174. The van der Waals surface area contributed by atoms with Crippen LogP contribution >= 0.6 is 0 Å². The molecule has 0 heterocycles. The van der Waals surface area contributed by atoms with Gasteiger partial charge >= 0.3 is 5.97 Å². The number of ether oxygens (including phenoxy) is 2. The van der Waals surface area contributed by atoms with Crippen LogP contribution in [0.4, 0.5) is 17.1 Å². The van der Waals surface area contributed by atoms with Gasteiger partial charge in [0.1, 0.15) is 10.6 Å². The van der Waals surface area contributed by atoms with Crippen molar-refractivity contribution >= 4 is 33.1 Å². The zero-order valence-corrected chi connectivity index (χ0v) is 18.6. The molecule has 32 heavy (non-hydrogen) atoms. The summed E-state index contributed by atoms with van der Waals surface area (Å²) in [5.74, 6) is -0.0535. The highest BCUT2D eigenvalue weighted by Crippen LogP contribution is 2.35. The molecule has 4 N–H and O–H groups in total. The quantitative estimate of drug-likeness (QED) is 0.419. The molecule has 0 fully saturated rings. The molecule has 3 rings (SSSR count). The highest BCUT2D eigenvalue weighted by molar-refractivity contribution is 7.89. The van der Waals surface area contributed by atoms with Gasteiger partial charge < -0.3 is 20.1 Å². The van der Waals surface area contributed by atoms with Crippen molar-refractivity contribution in [1.82, 2.24) is 0 Å². The van der Waals surface area contributed by atoms with Gasteiger partial charge in [-0.05, 0) is 36.8 Å². The first kappa shape index (κ1) is 23.1. The second-order valence-electron chi connectivity index (χ2n) is 6.86. The number of hydrogen-bond acceptors (Lipinski definition) is 7. The van der Waals surface area contributed by atoms with Gasteiger partial charge in [-0.15, -0.1) is 0 Å². The third kappa shape index (κ3) is 5.77. The largest absolute Gasteiger partial charge is 0.497 e. The Morgan fingerprint density at radius 3 is 2.44 bits per heavy atom. The number of sulfonamides is 1. The van der Waals surface area contributed by atoms with Gasteiger partial charge in [-0.1, -0.05) is 36.4 Å². The van der Waals surface area contributed by atoms with E-state index in [1.165, 1.54) is 19.2 Å². The summed E-state index contributed by atoms with van der Waals surface area (Å²) in [5.41, 5.74) is 2.22. The number of methoxy groups -OCH3 is 1. The third-order valence-electron chi connectivity index (χ3n) is 4.58. The predicted molar refractivity (Wildman–Crippen MR) is 124 cm³/mol. The number of benzene rings is 3. The van der Waals surface area contributed by atoms with Crippen LogP contribution in [0.3, 0.4) is 0 Å². The third-order valence-corrected chi connectivity index (χ3v) is 5.52. The Labute approximate surface area is 187 Å². The van der Waals surface area contributed by atoms with Crippen molar-refractivity contribution in [3.05, 3.63) is 77.9 Å². The van der Waals surface area contributed by atoms with Crippen LogP contribution in [0.2, 0.25) is 0 Å². The number of esters is 1. The average molecular weight is 456 g/mol. The Hall–Kier alpha value is -3.56. The molecule has 0 atom stereocenters. The number of anilines is 3. The molecule has 0 spiro atoms. The Morgan fingerprint density at radius 2 is 1.78 bits per heavy atom. The molecular formula is C23H25N3O5S. The molecule has 0 aliphatic carbocycles. The van der Waals surface area contributed by atoms with Gasteiger partial charge in [-0.2, -0.15) is 0 Å². The summed E-state index contributed by atoms with van der Waals surface area (Å²) >= 11 is 0. The molecule has 0 saturated carbocycles. The van der Waals surface area contributed by atoms with E-state index in [2.05, 4.69) is 10.6 Å². The maximum atomic E-state index is 12.5. The van der Waals surface area contributed by atoms with E-state index in [9.17, 15) is 13.2 Å². The van der Waals surface area contributed by atoms with E-state index in [4.69, 9.17) is 14.6 Å². The normalized spacial score (nSPS) is 11.0. The molecule has 3 aromatic rings. The van der Waals surface area contributed by atoms with E-state index in [1.54, 1.807) is 31.2 Å². The fourth-order valence-corrected chi connectivity index (χ4v) is 3.82. The van der Waals surface area contributed by atoms with Gasteiger partial charge in [0.2, 0.25) is 10.0 Å². The Morgan fingerprint density at radius 1 is 1.03 bits per heavy atom. The second kappa shape index (κ2) is 10.2. The number of nitrogens with two attached hydrogens (primary N) is 1. The van der Waals surface area contributed by atoms with Gasteiger partial charge in [-0.25, -0.2) is 18.4 Å². The van der Waals surface area contributed by atoms with E-state index < -0.39 is 16.0 Å². The van der Waals surface area contributed by atoms with Gasteiger partial charge in [0.25, 0.3) is 0 Å². The predicted octanol–water partition coefficient (Wildman–Crippen LogP) is 3.88. The minimum absolute atomic E-state index is 0.0719. The lowest BCUT2D eigenvalue weighted by Crippen LogP contribution is -2.17. The van der Waals surface area contributed by atoms with E-state index >= 15 is 0 Å². The Bertz CT molecular complexity index is 1200. The molecule has 0 saturated heterocycles. The summed E-state index contributed by atoms with van der Waals surface area (Å²) < 4.78 is 35.2. The molecular weight excluding hydrogens is 430 g/mol. The van der Waals surface area contributed by atoms with Gasteiger partial charge in [-0.3, -0.25) is 0 Å². The molecule has 168 valence electrons. The molecule has 3 aromatic carbocycles. The van der Waals surface area contributed by atoms with Crippen LogP contribution in [0.1, 0.15) is 22.8 Å². The second-order valence-corrected chi connectivity index (χ2v) is 8.39. The maximum absolute atomic E-state index is 12.5. The van der Waals surface area contributed by atoms with E-state index in [0.29, 0.717) is 23.7 Å². The molecule has 9 heteroatoms. The first-order valence-corrected chi connectivity index (χ1v) is 11.4. The summed E-state index contributed by atoms with van der Waals surface area (Å²) in [7, 11) is -2.65. The molecule has 0 aromatic heterocycles. The van der Waals surface area contributed by atoms with Crippen LogP contribution < -0.4 is 20.5 Å². The lowest BCUT2D eigenvalue weighted by Gasteiger charge is -2.19. The molecule has 0 radical (unpaired) electrons. The van der Waals surface area contributed by atoms with Crippen molar-refractivity contribution in [1.29, 1.82) is 0 Å². The first-order valence-electron chi connectivity index (χ1n) is 9.88. The van der Waals surface area contributed by atoms with E-state index in [1.807, 2.05) is 30.3 Å².